The number of ether oxygens (including phenoxy) is 2. The zero-order chi connectivity index (χ0) is 10.2. The van der Waals surface area contributed by atoms with E-state index in [1.165, 1.54) is 0 Å². The lowest BCUT2D eigenvalue weighted by Crippen LogP contribution is -2.24. The van der Waals surface area contributed by atoms with Crippen LogP contribution in [0.3, 0.4) is 0 Å². The first-order valence-electron chi connectivity index (χ1n) is 4.86. The minimum absolute atomic E-state index is 0.0863. The van der Waals surface area contributed by atoms with Crippen LogP contribution in [-0.4, -0.2) is 37.6 Å². The molecule has 0 saturated carbocycles. The van der Waals surface area contributed by atoms with Crippen molar-refractivity contribution in [1.82, 2.24) is 0 Å². The first kappa shape index (κ1) is 12.9. The lowest BCUT2D eigenvalue weighted by molar-refractivity contribution is -0.0104. The van der Waals surface area contributed by atoms with E-state index in [4.69, 9.17) is 14.6 Å². The summed E-state index contributed by atoms with van der Waals surface area (Å²) in [5.74, 6) is 0. The Bertz CT molecular complexity index is 113. The Balaban J connectivity index is 3.16. The molecule has 0 saturated heterocycles. The molecule has 0 amide bonds. The standard InChI is InChI=1S/C10H22O3/c1-10(2,12-3)6-9-13-8-5-4-7-11/h11H,4-9H2,1-3H3. The molecule has 0 bridgehead atoms. The van der Waals surface area contributed by atoms with E-state index in [2.05, 4.69) is 0 Å². The molecule has 13 heavy (non-hydrogen) atoms. The van der Waals surface area contributed by atoms with Crippen LogP contribution in [0.4, 0.5) is 0 Å². The summed E-state index contributed by atoms with van der Waals surface area (Å²) in [5.41, 5.74) is -0.0863. The average Bonchev–Trinajstić information content (AvgIpc) is 2.11. The molecule has 0 rings (SSSR count). The van der Waals surface area contributed by atoms with Crippen molar-refractivity contribution in [1.29, 1.82) is 0 Å². The Morgan fingerprint density at radius 2 is 1.85 bits per heavy atom. The van der Waals surface area contributed by atoms with Gasteiger partial charge in [-0.1, -0.05) is 0 Å². The van der Waals surface area contributed by atoms with E-state index in [0.717, 1.165) is 32.5 Å². The van der Waals surface area contributed by atoms with E-state index in [-0.39, 0.29) is 12.2 Å². The van der Waals surface area contributed by atoms with Crippen LogP contribution in [-0.2, 0) is 9.47 Å². The van der Waals surface area contributed by atoms with Gasteiger partial charge in [0.05, 0.1) is 5.60 Å². The van der Waals surface area contributed by atoms with E-state index >= 15 is 0 Å². The van der Waals surface area contributed by atoms with Crippen molar-refractivity contribution in [3.63, 3.8) is 0 Å². The lowest BCUT2D eigenvalue weighted by Gasteiger charge is -2.22. The van der Waals surface area contributed by atoms with Gasteiger partial charge in [0.2, 0.25) is 0 Å². The van der Waals surface area contributed by atoms with Gasteiger partial charge in [0.25, 0.3) is 0 Å². The molecule has 0 aliphatic rings. The minimum Gasteiger partial charge on any atom is -0.396 e. The maximum Gasteiger partial charge on any atom is 0.0644 e. The summed E-state index contributed by atoms with van der Waals surface area (Å²) in [6.07, 6.45) is 2.67. The van der Waals surface area contributed by atoms with Crippen LogP contribution in [0.25, 0.3) is 0 Å². The molecule has 0 atom stereocenters. The van der Waals surface area contributed by atoms with Crippen LogP contribution in [0.1, 0.15) is 33.1 Å². The van der Waals surface area contributed by atoms with Gasteiger partial charge in [-0.2, -0.15) is 0 Å². The third kappa shape index (κ3) is 8.22. The Morgan fingerprint density at radius 3 is 2.38 bits per heavy atom. The predicted molar refractivity (Wildman–Crippen MR) is 52.8 cm³/mol. The normalized spacial score (nSPS) is 12.0. The van der Waals surface area contributed by atoms with Gasteiger partial charge >= 0.3 is 0 Å². The third-order valence-electron chi connectivity index (χ3n) is 2.10. The molecular formula is C10H22O3. The Hall–Kier alpha value is -0.120. The van der Waals surface area contributed by atoms with Gasteiger partial charge < -0.3 is 14.6 Å². The minimum atomic E-state index is -0.0863. The molecule has 0 aromatic heterocycles. The second kappa shape index (κ2) is 7.30. The molecule has 0 spiro atoms. The van der Waals surface area contributed by atoms with Gasteiger partial charge in [-0.15, -0.1) is 0 Å². The second-order valence-corrected chi connectivity index (χ2v) is 3.76. The molecule has 3 heteroatoms. The van der Waals surface area contributed by atoms with E-state index in [9.17, 15) is 0 Å². The van der Waals surface area contributed by atoms with Gasteiger partial charge in [0, 0.05) is 26.9 Å². The van der Waals surface area contributed by atoms with Crippen LogP contribution < -0.4 is 0 Å². The number of unbranched alkanes of at least 4 members (excludes halogenated alkanes) is 1. The fourth-order valence-electron chi connectivity index (χ4n) is 0.838. The third-order valence-corrected chi connectivity index (χ3v) is 2.10. The highest BCUT2D eigenvalue weighted by Gasteiger charge is 2.15. The zero-order valence-corrected chi connectivity index (χ0v) is 9.01. The molecule has 80 valence electrons. The highest BCUT2D eigenvalue weighted by atomic mass is 16.5. The molecule has 0 aromatic rings. The fraction of sp³-hybridized carbons (Fsp3) is 1.00. The summed E-state index contributed by atoms with van der Waals surface area (Å²) >= 11 is 0. The largest absolute Gasteiger partial charge is 0.396 e. The van der Waals surface area contributed by atoms with Crippen molar-refractivity contribution in [2.75, 3.05) is 26.9 Å². The first-order chi connectivity index (χ1) is 6.12. The van der Waals surface area contributed by atoms with Crippen LogP contribution >= 0.6 is 0 Å². The fourth-order valence-corrected chi connectivity index (χ4v) is 0.838. The Labute approximate surface area is 81.0 Å². The molecule has 3 nitrogen and oxygen atoms in total. The summed E-state index contributed by atoms with van der Waals surface area (Å²) in [5, 5.41) is 8.51. The van der Waals surface area contributed by atoms with Gasteiger partial charge in [0.15, 0.2) is 0 Å². The molecule has 0 fully saturated rings. The van der Waals surface area contributed by atoms with Crippen molar-refractivity contribution < 1.29 is 14.6 Å². The van der Waals surface area contributed by atoms with E-state index < -0.39 is 0 Å². The average molecular weight is 190 g/mol. The number of aliphatic hydroxyl groups is 1. The molecule has 0 unspecified atom stereocenters. The zero-order valence-electron chi connectivity index (χ0n) is 9.01. The van der Waals surface area contributed by atoms with E-state index in [1.807, 2.05) is 13.8 Å². The SMILES string of the molecule is COC(C)(C)CCOCCCCO. The maximum absolute atomic E-state index is 8.51. The van der Waals surface area contributed by atoms with Crippen LogP contribution in [0.5, 0.6) is 0 Å². The van der Waals surface area contributed by atoms with Crippen molar-refractivity contribution in [3.05, 3.63) is 0 Å². The second-order valence-electron chi connectivity index (χ2n) is 3.76. The molecule has 1 N–H and O–H groups in total. The monoisotopic (exact) mass is 190 g/mol. The molecule has 0 heterocycles. The van der Waals surface area contributed by atoms with E-state index in [0.29, 0.717) is 0 Å². The highest BCUT2D eigenvalue weighted by Crippen LogP contribution is 2.12. The number of aliphatic hydroxyl groups excluding tert-OH is 1. The number of hydrogen-bond acceptors (Lipinski definition) is 3. The van der Waals surface area contributed by atoms with Crippen molar-refractivity contribution in [2.24, 2.45) is 0 Å². The maximum atomic E-state index is 8.51. The summed E-state index contributed by atoms with van der Waals surface area (Å²) in [6.45, 7) is 5.81. The van der Waals surface area contributed by atoms with Crippen LogP contribution in [0, 0.1) is 0 Å². The summed E-state index contributed by atoms with van der Waals surface area (Å²) < 4.78 is 10.6. The highest BCUT2D eigenvalue weighted by molar-refractivity contribution is 4.66. The summed E-state index contributed by atoms with van der Waals surface area (Å²) in [7, 11) is 1.71. The Kier molecular flexibility index (Phi) is 7.23. The quantitative estimate of drug-likeness (QED) is 0.591. The van der Waals surface area contributed by atoms with Gasteiger partial charge in [-0.25, -0.2) is 0 Å². The Morgan fingerprint density at radius 1 is 1.15 bits per heavy atom. The van der Waals surface area contributed by atoms with Crippen LogP contribution in [0.2, 0.25) is 0 Å². The van der Waals surface area contributed by atoms with Crippen molar-refractivity contribution in [3.8, 4) is 0 Å². The summed E-state index contributed by atoms with van der Waals surface area (Å²) in [6, 6.07) is 0. The van der Waals surface area contributed by atoms with Crippen molar-refractivity contribution in [2.45, 2.75) is 38.7 Å². The molecule has 0 radical (unpaired) electrons. The predicted octanol–water partition coefficient (Wildman–Crippen LogP) is 1.59. The first-order valence-corrected chi connectivity index (χ1v) is 4.86. The number of methoxy groups -OCH3 is 1. The van der Waals surface area contributed by atoms with Gasteiger partial charge in [0.1, 0.15) is 0 Å². The number of rotatable bonds is 8. The molecule has 0 aliphatic heterocycles. The molecule has 0 aliphatic carbocycles. The van der Waals surface area contributed by atoms with Crippen LogP contribution in [0.15, 0.2) is 0 Å². The molecular weight excluding hydrogens is 168 g/mol. The lowest BCUT2D eigenvalue weighted by atomic mass is 10.1. The van der Waals surface area contributed by atoms with Gasteiger partial charge in [-0.05, 0) is 33.1 Å². The summed E-state index contributed by atoms with van der Waals surface area (Å²) in [4.78, 5) is 0. The number of hydrogen-bond donors (Lipinski definition) is 1. The topological polar surface area (TPSA) is 38.7 Å². The smallest absolute Gasteiger partial charge is 0.0644 e. The van der Waals surface area contributed by atoms with Crippen molar-refractivity contribution >= 4 is 0 Å². The molecule has 0 aromatic carbocycles. The van der Waals surface area contributed by atoms with E-state index in [1.54, 1.807) is 7.11 Å². The van der Waals surface area contributed by atoms with Gasteiger partial charge in [-0.3, -0.25) is 0 Å².